The molecular formula is C14H25N3O3. The van der Waals surface area contributed by atoms with Gasteiger partial charge in [0.2, 0.25) is 0 Å². The number of likely N-dealkylation sites (N-methyl/N-ethyl adjacent to an activating group) is 1. The van der Waals surface area contributed by atoms with E-state index in [0.29, 0.717) is 13.1 Å². The molecule has 2 atom stereocenters. The number of carbonyl (C=O) groups is 2. The van der Waals surface area contributed by atoms with E-state index in [4.69, 9.17) is 0 Å². The molecule has 0 bridgehead atoms. The van der Waals surface area contributed by atoms with Gasteiger partial charge in [-0.15, -0.1) is 0 Å². The summed E-state index contributed by atoms with van der Waals surface area (Å²) in [4.78, 5) is 27.2. The lowest BCUT2D eigenvalue weighted by Crippen LogP contribution is -2.47. The van der Waals surface area contributed by atoms with Gasteiger partial charge in [-0.05, 0) is 33.7 Å². The van der Waals surface area contributed by atoms with Crippen molar-refractivity contribution in [2.45, 2.75) is 57.2 Å². The Morgan fingerprint density at radius 2 is 2.00 bits per heavy atom. The largest absolute Gasteiger partial charge is 0.391 e. The van der Waals surface area contributed by atoms with Crippen LogP contribution in [0.5, 0.6) is 0 Å². The number of nitrogens with one attached hydrogen (secondary N) is 1. The Kier molecular flexibility index (Phi) is 4.34. The van der Waals surface area contributed by atoms with Crippen molar-refractivity contribution in [3.05, 3.63) is 0 Å². The van der Waals surface area contributed by atoms with Gasteiger partial charge >= 0.3 is 6.03 Å². The van der Waals surface area contributed by atoms with E-state index in [1.54, 1.807) is 13.8 Å². The SMILES string of the molecule is CN(CCN1C(=O)NC(C)(C)C1=O)C1CCCCC1O. The van der Waals surface area contributed by atoms with E-state index < -0.39 is 5.54 Å². The molecule has 114 valence electrons. The predicted molar refractivity (Wildman–Crippen MR) is 75.2 cm³/mol. The highest BCUT2D eigenvalue weighted by Gasteiger charge is 2.44. The molecule has 2 aliphatic rings. The lowest BCUT2D eigenvalue weighted by molar-refractivity contribution is -0.130. The average Bonchev–Trinajstić information content (AvgIpc) is 2.57. The maximum Gasteiger partial charge on any atom is 0.325 e. The Labute approximate surface area is 120 Å². The molecule has 0 spiro atoms. The van der Waals surface area contributed by atoms with Crippen molar-refractivity contribution in [3.63, 3.8) is 0 Å². The van der Waals surface area contributed by atoms with Crippen LogP contribution < -0.4 is 5.32 Å². The minimum absolute atomic E-state index is 0.137. The standard InChI is InChI=1S/C14H25N3O3/c1-14(2)12(19)17(13(20)15-14)9-8-16(3)10-6-4-5-7-11(10)18/h10-11,18H,4-9H2,1-3H3,(H,15,20). The van der Waals surface area contributed by atoms with Crippen molar-refractivity contribution >= 4 is 11.9 Å². The summed E-state index contributed by atoms with van der Waals surface area (Å²) in [7, 11) is 1.95. The third kappa shape index (κ3) is 2.96. The number of hydrogen-bond acceptors (Lipinski definition) is 4. The topological polar surface area (TPSA) is 72.9 Å². The van der Waals surface area contributed by atoms with Crippen LogP contribution >= 0.6 is 0 Å². The molecule has 1 saturated carbocycles. The van der Waals surface area contributed by atoms with Gasteiger partial charge < -0.3 is 10.4 Å². The van der Waals surface area contributed by atoms with Crippen LogP contribution in [-0.2, 0) is 4.79 Å². The summed E-state index contributed by atoms with van der Waals surface area (Å²) >= 11 is 0. The first-order valence-electron chi connectivity index (χ1n) is 7.35. The lowest BCUT2D eigenvalue weighted by Gasteiger charge is -2.35. The number of rotatable bonds is 4. The monoisotopic (exact) mass is 283 g/mol. The number of urea groups is 1. The van der Waals surface area contributed by atoms with E-state index in [-0.39, 0.29) is 24.1 Å². The van der Waals surface area contributed by atoms with Gasteiger partial charge in [0.15, 0.2) is 0 Å². The highest BCUT2D eigenvalue weighted by molar-refractivity contribution is 6.06. The molecule has 1 heterocycles. The maximum absolute atomic E-state index is 12.1. The van der Waals surface area contributed by atoms with Gasteiger partial charge in [0, 0.05) is 19.1 Å². The van der Waals surface area contributed by atoms with Gasteiger partial charge in [0.05, 0.1) is 6.10 Å². The van der Waals surface area contributed by atoms with Crippen molar-refractivity contribution in [1.82, 2.24) is 15.1 Å². The molecule has 6 nitrogen and oxygen atoms in total. The normalized spacial score (nSPS) is 29.9. The molecule has 2 N–H and O–H groups in total. The first-order chi connectivity index (χ1) is 9.33. The van der Waals surface area contributed by atoms with Crippen LogP contribution in [0.15, 0.2) is 0 Å². The first kappa shape index (κ1) is 15.3. The predicted octanol–water partition coefficient (Wildman–Crippen LogP) is 0.552. The Balaban J connectivity index is 1.88. The van der Waals surface area contributed by atoms with Crippen molar-refractivity contribution in [1.29, 1.82) is 0 Å². The summed E-state index contributed by atoms with van der Waals surface area (Å²) in [6, 6.07) is -0.185. The van der Waals surface area contributed by atoms with E-state index in [2.05, 4.69) is 10.2 Å². The average molecular weight is 283 g/mol. The number of nitrogens with zero attached hydrogens (tertiary/aromatic N) is 2. The molecule has 2 unspecified atom stereocenters. The molecule has 0 aromatic carbocycles. The number of hydrogen-bond donors (Lipinski definition) is 2. The van der Waals surface area contributed by atoms with Gasteiger partial charge in [0.1, 0.15) is 5.54 Å². The summed E-state index contributed by atoms with van der Waals surface area (Å²) in [6.07, 6.45) is 3.72. The summed E-state index contributed by atoms with van der Waals surface area (Å²) in [5, 5.41) is 12.7. The molecule has 0 aromatic heterocycles. The summed E-state index contributed by atoms with van der Waals surface area (Å²) in [6.45, 7) is 4.38. The molecule has 0 radical (unpaired) electrons. The molecule has 6 heteroatoms. The second-order valence-electron chi connectivity index (χ2n) is 6.41. The fourth-order valence-electron chi connectivity index (χ4n) is 3.05. The quantitative estimate of drug-likeness (QED) is 0.739. The molecule has 1 saturated heterocycles. The number of aliphatic hydroxyl groups excluding tert-OH is 1. The van der Waals surface area contributed by atoms with Crippen LogP contribution in [-0.4, -0.2) is 64.7 Å². The molecular weight excluding hydrogens is 258 g/mol. The fourth-order valence-corrected chi connectivity index (χ4v) is 3.05. The third-order valence-corrected chi connectivity index (χ3v) is 4.38. The Morgan fingerprint density at radius 3 is 2.55 bits per heavy atom. The highest BCUT2D eigenvalue weighted by atomic mass is 16.3. The number of imide groups is 1. The van der Waals surface area contributed by atoms with E-state index in [1.165, 1.54) is 4.90 Å². The molecule has 3 amide bonds. The second-order valence-corrected chi connectivity index (χ2v) is 6.41. The number of carbonyl (C=O) groups excluding carboxylic acids is 2. The lowest BCUT2D eigenvalue weighted by atomic mass is 9.91. The minimum Gasteiger partial charge on any atom is -0.391 e. The highest BCUT2D eigenvalue weighted by Crippen LogP contribution is 2.22. The van der Waals surface area contributed by atoms with Crippen molar-refractivity contribution < 1.29 is 14.7 Å². The van der Waals surface area contributed by atoms with Crippen molar-refractivity contribution in [3.8, 4) is 0 Å². The maximum atomic E-state index is 12.1. The zero-order chi connectivity index (χ0) is 14.9. The molecule has 0 aromatic rings. The van der Waals surface area contributed by atoms with Gasteiger partial charge in [-0.2, -0.15) is 0 Å². The van der Waals surface area contributed by atoms with E-state index in [9.17, 15) is 14.7 Å². The summed E-state index contributed by atoms with van der Waals surface area (Å²) < 4.78 is 0. The van der Waals surface area contributed by atoms with Crippen LogP contribution in [0.4, 0.5) is 4.79 Å². The first-order valence-corrected chi connectivity index (χ1v) is 7.35. The molecule has 1 aliphatic heterocycles. The van der Waals surface area contributed by atoms with Crippen molar-refractivity contribution in [2.24, 2.45) is 0 Å². The zero-order valence-electron chi connectivity index (χ0n) is 12.6. The van der Waals surface area contributed by atoms with Crippen LogP contribution in [0.1, 0.15) is 39.5 Å². The molecule has 1 aliphatic carbocycles. The van der Waals surface area contributed by atoms with Crippen LogP contribution in [0.2, 0.25) is 0 Å². The van der Waals surface area contributed by atoms with E-state index >= 15 is 0 Å². The molecule has 2 rings (SSSR count). The number of amides is 3. The van der Waals surface area contributed by atoms with Crippen molar-refractivity contribution in [2.75, 3.05) is 20.1 Å². The zero-order valence-corrected chi connectivity index (χ0v) is 12.6. The fraction of sp³-hybridized carbons (Fsp3) is 0.857. The van der Waals surface area contributed by atoms with Gasteiger partial charge in [-0.1, -0.05) is 12.8 Å². The Morgan fingerprint density at radius 1 is 1.35 bits per heavy atom. The Hall–Kier alpha value is -1.14. The Bertz CT molecular complexity index is 397. The summed E-state index contributed by atoms with van der Waals surface area (Å²) in [5.41, 5.74) is -0.806. The summed E-state index contributed by atoms with van der Waals surface area (Å²) in [5.74, 6) is -0.180. The minimum atomic E-state index is -0.806. The van der Waals surface area contributed by atoms with Gasteiger partial charge in [-0.3, -0.25) is 14.6 Å². The number of aliphatic hydroxyl groups is 1. The van der Waals surface area contributed by atoms with Crippen LogP contribution in [0, 0.1) is 0 Å². The van der Waals surface area contributed by atoms with Gasteiger partial charge in [0.25, 0.3) is 5.91 Å². The van der Waals surface area contributed by atoms with E-state index in [1.807, 2.05) is 7.05 Å². The molecule has 2 fully saturated rings. The van der Waals surface area contributed by atoms with Crippen LogP contribution in [0.3, 0.4) is 0 Å². The third-order valence-electron chi connectivity index (χ3n) is 4.38. The molecule has 20 heavy (non-hydrogen) atoms. The van der Waals surface area contributed by atoms with Gasteiger partial charge in [-0.25, -0.2) is 4.79 Å². The second kappa shape index (κ2) is 5.69. The van der Waals surface area contributed by atoms with E-state index in [0.717, 1.165) is 25.7 Å². The van der Waals surface area contributed by atoms with Crippen LogP contribution in [0.25, 0.3) is 0 Å². The smallest absolute Gasteiger partial charge is 0.325 e.